The first-order valence-corrected chi connectivity index (χ1v) is 41.7. The first-order valence-electron chi connectivity index (χ1n) is 41.7. The molecule has 0 aromatic rings. The van der Waals surface area contributed by atoms with Crippen molar-refractivity contribution in [2.24, 2.45) is 0 Å². The number of carbonyl (C=O) groups excluding carboxylic acids is 2. The Labute approximate surface area is 612 Å². The Bertz CT molecular complexity index is 2050. The number of quaternary nitrogens is 1. The number of hydrogen-bond donors (Lipinski definition) is 1. The molecule has 2 atom stereocenters. The minimum Gasteiger partial charge on any atom is -0.477 e. The van der Waals surface area contributed by atoms with E-state index in [0.29, 0.717) is 23.9 Å². The predicted molar refractivity (Wildman–Crippen MR) is 428 cm³/mol. The minimum atomic E-state index is -1.53. The van der Waals surface area contributed by atoms with Gasteiger partial charge in [0.2, 0.25) is 0 Å². The second-order valence-corrected chi connectivity index (χ2v) is 29.1. The van der Waals surface area contributed by atoms with Gasteiger partial charge in [-0.15, -0.1) is 0 Å². The van der Waals surface area contributed by atoms with E-state index in [2.05, 4.69) is 135 Å². The van der Waals surface area contributed by atoms with Crippen molar-refractivity contribution in [1.29, 1.82) is 0 Å². The van der Waals surface area contributed by atoms with Crippen molar-refractivity contribution in [2.45, 2.75) is 386 Å². The molecule has 99 heavy (non-hydrogen) atoms. The minimum absolute atomic E-state index is 0.174. The van der Waals surface area contributed by atoms with Crippen LogP contribution in [0.15, 0.2) is 122 Å². The van der Waals surface area contributed by atoms with Crippen molar-refractivity contribution >= 4 is 17.9 Å². The van der Waals surface area contributed by atoms with E-state index in [9.17, 15) is 19.5 Å². The quantitative estimate of drug-likeness (QED) is 0.0211. The molecule has 0 aromatic heterocycles. The van der Waals surface area contributed by atoms with E-state index in [4.69, 9.17) is 18.9 Å². The number of carbonyl (C=O) groups is 3. The molecule has 570 valence electrons. The molecule has 9 heteroatoms. The Morgan fingerprint density at radius 2 is 0.576 bits per heavy atom. The van der Waals surface area contributed by atoms with Gasteiger partial charge in [-0.05, 0) is 89.9 Å². The Kier molecular flexibility index (Phi) is 75.9. The van der Waals surface area contributed by atoms with E-state index in [0.717, 1.165) is 96.3 Å². The lowest BCUT2D eigenvalue weighted by atomic mass is 10.0. The highest BCUT2D eigenvalue weighted by Gasteiger charge is 2.25. The van der Waals surface area contributed by atoms with Gasteiger partial charge in [0, 0.05) is 12.8 Å². The lowest BCUT2D eigenvalue weighted by Gasteiger charge is -2.25. The number of esters is 2. The zero-order chi connectivity index (χ0) is 71.8. The van der Waals surface area contributed by atoms with Crippen LogP contribution in [0.4, 0.5) is 0 Å². The fraction of sp³-hybridized carbons (Fsp3) is 0.744. The molecular weight excluding hydrogens is 1220 g/mol. The Morgan fingerprint density at radius 3 is 0.859 bits per heavy atom. The van der Waals surface area contributed by atoms with Crippen molar-refractivity contribution < 1.29 is 42.9 Å². The summed E-state index contributed by atoms with van der Waals surface area (Å²) in [6, 6.07) is 0. The van der Waals surface area contributed by atoms with Crippen LogP contribution in [0.3, 0.4) is 0 Å². The lowest BCUT2D eigenvalue weighted by molar-refractivity contribution is -0.870. The number of rotatable bonds is 77. The number of likely N-dealkylation sites (N-methyl/N-ethyl adjacent to an activating group) is 1. The van der Waals surface area contributed by atoms with Crippen LogP contribution in [0.5, 0.6) is 0 Å². The highest BCUT2D eigenvalue weighted by atomic mass is 16.7. The zero-order valence-electron chi connectivity index (χ0n) is 65.4. The molecule has 0 aliphatic carbocycles. The molecule has 0 amide bonds. The third-order valence-electron chi connectivity index (χ3n) is 18.2. The third kappa shape index (κ3) is 80.9. The van der Waals surface area contributed by atoms with Crippen LogP contribution < -0.4 is 0 Å². The second kappa shape index (κ2) is 79.4. The van der Waals surface area contributed by atoms with Gasteiger partial charge in [0.25, 0.3) is 6.29 Å². The summed E-state index contributed by atoms with van der Waals surface area (Å²) in [5, 5.41) is 9.77. The van der Waals surface area contributed by atoms with Crippen molar-refractivity contribution in [1.82, 2.24) is 0 Å². The topological polar surface area (TPSA) is 108 Å². The number of allylic oxidation sites excluding steroid dienone is 20. The van der Waals surface area contributed by atoms with Crippen LogP contribution in [0.1, 0.15) is 373 Å². The van der Waals surface area contributed by atoms with E-state index >= 15 is 0 Å². The van der Waals surface area contributed by atoms with E-state index < -0.39 is 24.3 Å². The Hall–Kier alpha value is -4.31. The summed E-state index contributed by atoms with van der Waals surface area (Å²) < 4.78 is 23.0. The van der Waals surface area contributed by atoms with Gasteiger partial charge in [0.1, 0.15) is 13.2 Å². The molecule has 9 nitrogen and oxygen atoms in total. The summed E-state index contributed by atoms with van der Waals surface area (Å²) in [6.45, 7) is 4.75. The molecule has 0 aliphatic heterocycles. The number of nitrogens with zero attached hydrogens (tertiary/aromatic N) is 1. The second-order valence-electron chi connectivity index (χ2n) is 29.1. The average Bonchev–Trinajstić information content (AvgIpc) is 1.57. The van der Waals surface area contributed by atoms with E-state index in [1.165, 1.54) is 244 Å². The number of ether oxygens (including phenoxy) is 4. The number of aliphatic carboxylic acids is 1. The molecular formula is C90H158NO8+. The molecule has 0 bridgehead atoms. The number of carboxylic acid groups (broad SMARTS) is 1. The smallest absolute Gasteiger partial charge is 0.361 e. The first-order chi connectivity index (χ1) is 48.6. The third-order valence-corrected chi connectivity index (χ3v) is 18.2. The summed E-state index contributed by atoms with van der Waals surface area (Å²) in [6.07, 6.45) is 111. The largest absolute Gasteiger partial charge is 0.477 e. The molecule has 1 N–H and O–H groups in total. The maximum Gasteiger partial charge on any atom is 0.361 e. The number of hydrogen-bond acceptors (Lipinski definition) is 7. The normalized spacial score (nSPS) is 13.3. The maximum absolute atomic E-state index is 13.0. The number of unbranched alkanes of at least 4 members (excludes halogenated alkanes) is 42. The van der Waals surface area contributed by atoms with E-state index in [1.54, 1.807) is 0 Å². The molecule has 0 spiro atoms. The highest BCUT2D eigenvalue weighted by molar-refractivity contribution is 5.71. The SMILES string of the molecule is CC/C=C\C/C=C\C/C=C\C/C=C\C/C=C\C/C=C\C/C=C\C/C=C\C/C=C\C/C=C\CCCCC(=O)OC(COC(=O)CCCCCCCCCCCCCCCCCCCCCCCCCCCCCCCCCCCCCCCCCCC)COC(OCC[N+](C)(C)C)C(=O)O. The van der Waals surface area contributed by atoms with Gasteiger partial charge in [-0.3, -0.25) is 9.59 Å². The van der Waals surface area contributed by atoms with E-state index in [-0.39, 0.29) is 32.2 Å². The van der Waals surface area contributed by atoms with Gasteiger partial charge in [0.05, 0.1) is 34.4 Å². The summed E-state index contributed by atoms with van der Waals surface area (Å²) >= 11 is 0. The maximum atomic E-state index is 13.0. The van der Waals surface area contributed by atoms with Crippen molar-refractivity contribution in [2.75, 3.05) is 47.5 Å². The van der Waals surface area contributed by atoms with Gasteiger partial charge < -0.3 is 28.5 Å². The van der Waals surface area contributed by atoms with Gasteiger partial charge in [-0.1, -0.05) is 392 Å². The molecule has 0 saturated heterocycles. The highest BCUT2D eigenvalue weighted by Crippen LogP contribution is 2.19. The van der Waals surface area contributed by atoms with Gasteiger partial charge in [-0.25, -0.2) is 4.79 Å². The monoisotopic (exact) mass is 1380 g/mol. The molecule has 2 unspecified atom stereocenters. The summed E-state index contributed by atoms with van der Waals surface area (Å²) in [4.78, 5) is 37.7. The standard InChI is InChI=1S/C90H157NO8/c1-6-8-10-12-14-16-18-20-22-24-26-28-30-32-34-36-38-40-41-42-43-44-45-46-47-49-50-52-54-56-58-60-62-64-66-68-70-72-74-76-78-80-87(92)97-84-86(85-98-90(89(94)95)96-83-82-91(3,4)5)99-88(93)81-79-77-75-73-71-69-67-65-63-61-59-57-55-53-51-48-39-37-35-33-31-29-27-25-23-21-19-17-15-13-11-9-7-2/h9,11,15,17,21,23,27,29,33,35,39,48,53,55,59,61,65,67,71,73,86,90H,6-8,10,12-14,16,18-20,22,24-26,28,30-32,34,36-38,40-47,49-52,54,56-58,60,62-64,66,68-70,72,74-85H2,1-5H3/p+1/b11-9-,17-15-,23-21-,29-27-,35-33-,48-39-,55-53-,61-59-,67-65-,73-71-. The van der Waals surface area contributed by atoms with Crippen molar-refractivity contribution in [3.63, 3.8) is 0 Å². The Morgan fingerprint density at radius 1 is 0.313 bits per heavy atom. The summed E-state index contributed by atoms with van der Waals surface area (Å²) in [7, 11) is 5.97. The van der Waals surface area contributed by atoms with Gasteiger partial charge >= 0.3 is 17.9 Å². The van der Waals surface area contributed by atoms with Crippen LogP contribution in [-0.2, 0) is 33.3 Å². The fourth-order valence-corrected chi connectivity index (χ4v) is 11.9. The van der Waals surface area contributed by atoms with Crippen molar-refractivity contribution in [3.8, 4) is 0 Å². The Balaban J connectivity index is 4.05. The molecule has 0 fully saturated rings. The summed E-state index contributed by atoms with van der Waals surface area (Å²) in [5.41, 5.74) is 0. The van der Waals surface area contributed by atoms with Crippen LogP contribution in [0.25, 0.3) is 0 Å². The van der Waals surface area contributed by atoms with E-state index in [1.807, 2.05) is 21.1 Å². The molecule has 0 rings (SSSR count). The number of carboxylic acids is 1. The van der Waals surface area contributed by atoms with Crippen molar-refractivity contribution in [3.05, 3.63) is 122 Å². The molecule has 0 radical (unpaired) electrons. The van der Waals surface area contributed by atoms with Gasteiger partial charge in [0.15, 0.2) is 6.10 Å². The van der Waals surface area contributed by atoms with Crippen LogP contribution in [0.2, 0.25) is 0 Å². The predicted octanol–water partition coefficient (Wildman–Crippen LogP) is 27.0. The van der Waals surface area contributed by atoms with Gasteiger partial charge in [-0.2, -0.15) is 0 Å². The lowest BCUT2D eigenvalue weighted by Crippen LogP contribution is -2.40. The van der Waals surface area contributed by atoms with Crippen LogP contribution in [-0.4, -0.2) is 87.4 Å². The summed E-state index contributed by atoms with van der Waals surface area (Å²) in [5.74, 6) is -2.06. The van der Waals surface area contributed by atoms with Crippen LogP contribution in [0, 0.1) is 0 Å². The zero-order valence-corrected chi connectivity index (χ0v) is 65.4. The molecule has 0 aliphatic rings. The first kappa shape index (κ1) is 94.7. The van der Waals surface area contributed by atoms with Crippen LogP contribution >= 0.6 is 0 Å². The molecule has 0 saturated carbocycles. The average molecular weight is 1380 g/mol. The fourth-order valence-electron chi connectivity index (χ4n) is 11.9. The molecule has 0 heterocycles. The molecule has 0 aromatic carbocycles.